The number of phenols is 1. The van der Waals surface area contributed by atoms with Crippen LogP contribution in [0.15, 0.2) is 47.1 Å². The van der Waals surface area contributed by atoms with E-state index in [4.69, 9.17) is 18.6 Å². The number of ketones is 1. The molecule has 1 aliphatic heterocycles. The zero-order valence-corrected chi connectivity index (χ0v) is 20.2. The first-order chi connectivity index (χ1) is 17.7. The van der Waals surface area contributed by atoms with Crippen LogP contribution in [0.4, 0.5) is 4.79 Å². The summed E-state index contributed by atoms with van der Waals surface area (Å²) in [6.45, 7) is 1.17. The lowest BCUT2D eigenvalue weighted by Crippen LogP contribution is -2.60. The third-order valence-electron chi connectivity index (χ3n) is 6.11. The van der Waals surface area contributed by atoms with Crippen LogP contribution in [0.25, 0.3) is 11.0 Å². The highest BCUT2D eigenvalue weighted by Crippen LogP contribution is 2.34. The minimum Gasteiger partial charge on any atom is -0.507 e. The normalized spacial score (nSPS) is 23.5. The standard InChI is InChI=1S/C26H28O11/c1-13-9-17(28)21(16(27)5-3-14-4-6-18-15(11-14)7-8-34-18)19(10-13)36-25-24(31)23(30)22(29)20(37-25)12-35-26(32)33-2/h4,6-11,20,22-25,28-31H,3,5,12H2,1-2H3/t20-,22-,23+,24?,25?/m1/s1. The molecule has 0 radical (unpaired) electrons. The number of rotatable bonds is 8. The van der Waals surface area contributed by atoms with E-state index in [1.54, 1.807) is 13.2 Å². The van der Waals surface area contributed by atoms with Gasteiger partial charge in [-0.1, -0.05) is 6.07 Å². The van der Waals surface area contributed by atoms with E-state index in [2.05, 4.69) is 4.74 Å². The summed E-state index contributed by atoms with van der Waals surface area (Å²) in [5, 5.41) is 42.5. The lowest BCUT2D eigenvalue weighted by Gasteiger charge is -2.40. The molecule has 0 saturated carbocycles. The van der Waals surface area contributed by atoms with Crippen LogP contribution >= 0.6 is 0 Å². The van der Waals surface area contributed by atoms with Gasteiger partial charge in [0.2, 0.25) is 6.29 Å². The van der Waals surface area contributed by atoms with Gasteiger partial charge < -0.3 is 43.8 Å². The molecule has 11 nitrogen and oxygen atoms in total. The second-order valence-corrected chi connectivity index (χ2v) is 8.77. The molecule has 198 valence electrons. The van der Waals surface area contributed by atoms with Crippen LogP contribution in [0.2, 0.25) is 0 Å². The number of hydrogen-bond donors (Lipinski definition) is 4. The number of furan rings is 1. The number of aromatic hydroxyl groups is 1. The summed E-state index contributed by atoms with van der Waals surface area (Å²) in [5.74, 6) is -0.814. The Morgan fingerprint density at radius 1 is 1.03 bits per heavy atom. The van der Waals surface area contributed by atoms with Crippen LogP contribution in [-0.4, -0.2) is 76.8 Å². The highest BCUT2D eigenvalue weighted by molar-refractivity contribution is 6.01. The van der Waals surface area contributed by atoms with E-state index in [0.717, 1.165) is 23.6 Å². The number of aliphatic hydroxyl groups is 3. The van der Waals surface area contributed by atoms with Gasteiger partial charge in [0, 0.05) is 11.8 Å². The Kier molecular flexibility index (Phi) is 7.98. The third-order valence-corrected chi connectivity index (χ3v) is 6.11. The van der Waals surface area contributed by atoms with E-state index in [1.165, 1.54) is 12.1 Å². The topological polar surface area (TPSA) is 165 Å². The molecule has 0 amide bonds. The highest BCUT2D eigenvalue weighted by Gasteiger charge is 2.46. The number of fused-ring (bicyclic) bond motifs is 1. The Morgan fingerprint density at radius 2 is 1.81 bits per heavy atom. The van der Waals surface area contributed by atoms with E-state index in [0.29, 0.717) is 12.0 Å². The molecule has 2 aromatic carbocycles. The summed E-state index contributed by atoms with van der Waals surface area (Å²) in [4.78, 5) is 24.5. The Bertz CT molecular complexity index is 1270. The van der Waals surface area contributed by atoms with Crippen LogP contribution < -0.4 is 4.74 Å². The summed E-state index contributed by atoms with van der Waals surface area (Å²) in [7, 11) is 1.10. The predicted octanol–water partition coefficient (Wildman–Crippen LogP) is 2.23. The van der Waals surface area contributed by atoms with Crippen molar-refractivity contribution in [3.63, 3.8) is 0 Å². The van der Waals surface area contributed by atoms with Gasteiger partial charge in [-0.2, -0.15) is 0 Å². The average molecular weight is 516 g/mol. The Hall–Kier alpha value is -3.64. The Balaban J connectivity index is 1.52. The second-order valence-electron chi connectivity index (χ2n) is 8.77. The number of aliphatic hydroxyl groups excluding tert-OH is 3. The third kappa shape index (κ3) is 5.86. The number of ether oxygens (including phenoxy) is 4. The second kappa shape index (κ2) is 11.2. The van der Waals surface area contributed by atoms with Gasteiger partial charge in [0.15, 0.2) is 5.78 Å². The largest absolute Gasteiger partial charge is 0.508 e. The van der Waals surface area contributed by atoms with Crippen LogP contribution in [-0.2, 0) is 20.6 Å². The molecule has 1 aliphatic rings. The molecule has 2 heterocycles. The summed E-state index contributed by atoms with van der Waals surface area (Å²) in [6.07, 6.45) is -6.86. The van der Waals surface area contributed by atoms with Gasteiger partial charge in [-0.3, -0.25) is 4.79 Å². The van der Waals surface area contributed by atoms with Crippen molar-refractivity contribution in [2.24, 2.45) is 0 Å². The van der Waals surface area contributed by atoms with E-state index < -0.39 is 49.3 Å². The molecule has 1 saturated heterocycles. The average Bonchev–Trinajstić information content (AvgIpc) is 3.34. The molecule has 4 N–H and O–H groups in total. The molecule has 5 atom stereocenters. The van der Waals surface area contributed by atoms with Crippen molar-refractivity contribution in [3.05, 3.63) is 59.4 Å². The van der Waals surface area contributed by atoms with Crippen LogP contribution in [0.3, 0.4) is 0 Å². The maximum absolute atomic E-state index is 13.2. The van der Waals surface area contributed by atoms with E-state index >= 15 is 0 Å². The quantitative estimate of drug-likeness (QED) is 0.256. The molecule has 37 heavy (non-hydrogen) atoms. The monoisotopic (exact) mass is 516 g/mol. The molecule has 0 bridgehead atoms. The van der Waals surface area contributed by atoms with Crippen LogP contribution in [0.1, 0.15) is 27.9 Å². The first kappa shape index (κ1) is 26.4. The minimum atomic E-state index is -1.71. The summed E-state index contributed by atoms with van der Waals surface area (Å²) in [5.41, 5.74) is 2.07. The maximum Gasteiger partial charge on any atom is 0.508 e. The predicted molar refractivity (Wildman–Crippen MR) is 127 cm³/mol. The Morgan fingerprint density at radius 3 is 2.57 bits per heavy atom. The molecule has 1 aromatic heterocycles. The van der Waals surface area contributed by atoms with Gasteiger partial charge in [-0.25, -0.2) is 4.79 Å². The first-order valence-electron chi connectivity index (χ1n) is 11.6. The van der Waals surface area contributed by atoms with Crippen LogP contribution in [0, 0.1) is 6.92 Å². The van der Waals surface area contributed by atoms with Crippen molar-refractivity contribution >= 4 is 22.9 Å². The number of phenolic OH excluding ortho intramolecular Hbond substituents is 1. The number of hydrogen-bond acceptors (Lipinski definition) is 11. The minimum absolute atomic E-state index is 0.0430. The van der Waals surface area contributed by atoms with Crippen molar-refractivity contribution in [1.82, 2.24) is 0 Å². The fourth-order valence-electron chi connectivity index (χ4n) is 4.15. The van der Waals surface area contributed by atoms with Crippen molar-refractivity contribution in [1.29, 1.82) is 0 Å². The number of benzene rings is 2. The Labute approximate surface area is 211 Å². The zero-order chi connectivity index (χ0) is 26.7. The molecular weight excluding hydrogens is 488 g/mol. The number of Topliss-reactive ketones (excluding diaryl/α,β-unsaturated/α-hetero) is 1. The van der Waals surface area contributed by atoms with Crippen molar-refractivity contribution < 1.29 is 53.4 Å². The fraction of sp³-hybridized carbons (Fsp3) is 0.385. The molecule has 0 spiro atoms. The number of methoxy groups -OCH3 is 1. The molecule has 2 unspecified atom stereocenters. The molecule has 3 aromatic rings. The summed E-state index contributed by atoms with van der Waals surface area (Å²) >= 11 is 0. The van der Waals surface area contributed by atoms with Crippen LogP contribution in [0.5, 0.6) is 11.5 Å². The SMILES string of the molecule is COC(=O)OC[C@H]1OC(Oc2cc(C)cc(O)c2C(=O)CCc2ccc3occc3c2)C(O)[C@@H](O)[C@@H]1O. The van der Waals surface area contributed by atoms with E-state index in [9.17, 15) is 30.0 Å². The van der Waals surface area contributed by atoms with Gasteiger partial charge in [0.1, 0.15) is 53.7 Å². The smallest absolute Gasteiger partial charge is 0.507 e. The van der Waals surface area contributed by atoms with Crippen molar-refractivity contribution in [3.8, 4) is 11.5 Å². The van der Waals surface area contributed by atoms with Crippen molar-refractivity contribution in [2.45, 2.75) is 50.5 Å². The molecule has 4 rings (SSSR count). The number of carbonyl (C=O) groups is 2. The maximum atomic E-state index is 13.2. The molecular formula is C26H28O11. The lowest BCUT2D eigenvalue weighted by atomic mass is 9.98. The van der Waals surface area contributed by atoms with Gasteiger partial charge >= 0.3 is 6.16 Å². The van der Waals surface area contributed by atoms with Gasteiger partial charge in [0.25, 0.3) is 0 Å². The summed E-state index contributed by atoms with van der Waals surface area (Å²) < 4.78 is 25.8. The summed E-state index contributed by atoms with van der Waals surface area (Å²) in [6, 6.07) is 10.3. The number of aryl methyl sites for hydroxylation is 2. The van der Waals surface area contributed by atoms with E-state index in [1.807, 2.05) is 24.3 Å². The number of carbonyl (C=O) groups excluding carboxylic acids is 2. The molecule has 11 heteroatoms. The zero-order valence-electron chi connectivity index (χ0n) is 20.2. The van der Waals surface area contributed by atoms with Gasteiger partial charge in [-0.15, -0.1) is 0 Å². The van der Waals surface area contributed by atoms with Gasteiger partial charge in [0.05, 0.1) is 13.4 Å². The highest BCUT2D eigenvalue weighted by atomic mass is 16.7. The lowest BCUT2D eigenvalue weighted by molar-refractivity contribution is -0.277. The van der Waals surface area contributed by atoms with Crippen molar-refractivity contribution in [2.75, 3.05) is 13.7 Å². The molecule has 1 fully saturated rings. The first-order valence-corrected chi connectivity index (χ1v) is 11.6. The molecule has 0 aliphatic carbocycles. The van der Waals surface area contributed by atoms with Gasteiger partial charge in [-0.05, 0) is 54.8 Å². The van der Waals surface area contributed by atoms with E-state index in [-0.39, 0.29) is 23.5 Å². The fourth-order valence-corrected chi connectivity index (χ4v) is 4.15.